The van der Waals surface area contributed by atoms with Gasteiger partial charge < -0.3 is 10.6 Å². The van der Waals surface area contributed by atoms with Crippen molar-refractivity contribution in [2.24, 2.45) is 5.92 Å². The van der Waals surface area contributed by atoms with Gasteiger partial charge in [-0.15, -0.1) is 0 Å². The number of rotatable bonds is 5. The number of carbonyl (C=O) groups excluding carboxylic acids is 1. The van der Waals surface area contributed by atoms with Crippen molar-refractivity contribution >= 4 is 6.03 Å². The highest BCUT2D eigenvalue weighted by atomic mass is 19.4. The van der Waals surface area contributed by atoms with Crippen LogP contribution in [0.3, 0.4) is 0 Å². The molecule has 1 fully saturated rings. The zero-order valence-electron chi connectivity index (χ0n) is 12.9. The van der Waals surface area contributed by atoms with Crippen molar-refractivity contribution < 1.29 is 18.0 Å². The number of hydrogen-bond donors (Lipinski definition) is 2. The molecule has 1 aliphatic heterocycles. The number of hydrogen-bond acceptors (Lipinski definition) is 2. The van der Waals surface area contributed by atoms with Crippen LogP contribution in [0.1, 0.15) is 18.4 Å². The van der Waals surface area contributed by atoms with Crippen molar-refractivity contribution in [2.45, 2.75) is 25.6 Å². The Labute approximate surface area is 134 Å². The van der Waals surface area contributed by atoms with Crippen molar-refractivity contribution in [1.82, 2.24) is 15.5 Å². The number of alkyl halides is 3. The van der Waals surface area contributed by atoms with Gasteiger partial charge in [0.2, 0.25) is 0 Å². The highest BCUT2D eigenvalue weighted by Crippen LogP contribution is 2.22. The van der Waals surface area contributed by atoms with Gasteiger partial charge in [0.25, 0.3) is 0 Å². The first kappa shape index (κ1) is 17.6. The Bertz CT molecular complexity index is 485. The zero-order valence-corrected chi connectivity index (χ0v) is 12.9. The van der Waals surface area contributed by atoms with Gasteiger partial charge in [-0.2, -0.15) is 13.2 Å². The Morgan fingerprint density at radius 1 is 1.13 bits per heavy atom. The molecule has 7 heteroatoms. The van der Waals surface area contributed by atoms with E-state index in [4.69, 9.17) is 0 Å². The van der Waals surface area contributed by atoms with Crippen LogP contribution in [0.15, 0.2) is 30.3 Å². The van der Waals surface area contributed by atoms with Crippen molar-refractivity contribution in [3.8, 4) is 0 Å². The lowest BCUT2D eigenvalue weighted by Gasteiger charge is -2.32. The lowest BCUT2D eigenvalue weighted by molar-refractivity contribution is -0.148. The second-order valence-electron chi connectivity index (χ2n) is 5.88. The predicted molar refractivity (Wildman–Crippen MR) is 81.9 cm³/mol. The first-order valence-electron chi connectivity index (χ1n) is 7.77. The first-order valence-corrected chi connectivity index (χ1v) is 7.77. The third kappa shape index (κ3) is 6.90. The van der Waals surface area contributed by atoms with Crippen LogP contribution >= 0.6 is 0 Å². The maximum Gasteiger partial charge on any atom is 0.401 e. The summed E-state index contributed by atoms with van der Waals surface area (Å²) in [5.74, 6) is 0.238. The topological polar surface area (TPSA) is 44.4 Å². The first-order chi connectivity index (χ1) is 10.9. The molecule has 4 nitrogen and oxygen atoms in total. The molecule has 23 heavy (non-hydrogen) atoms. The van der Waals surface area contributed by atoms with E-state index in [9.17, 15) is 18.0 Å². The fourth-order valence-electron chi connectivity index (χ4n) is 2.68. The van der Waals surface area contributed by atoms with Crippen molar-refractivity contribution in [3.63, 3.8) is 0 Å². The average Bonchev–Trinajstić information content (AvgIpc) is 2.52. The van der Waals surface area contributed by atoms with Gasteiger partial charge in [0.05, 0.1) is 6.54 Å². The number of halogens is 3. The largest absolute Gasteiger partial charge is 0.401 e. The molecule has 0 radical (unpaired) electrons. The van der Waals surface area contributed by atoms with Crippen LogP contribution in [0.4, 0.5) is 18.0 Å². The fourth-order valence-corrected chi connectivity index (χ4v) is 2.68. The number of nitrogens with one attached hydrogen (secondary N) is 2. The summed E-state index contributed by atoms with van der Waals surface area (Å²) in [6.45, 7) is 0.969. The third-order valence-corrected chi connectivity index (χ3v) is 3.96. The van der Waals surface area contributed by atoms with Gasteiger partial charge >= 0.3 is 12.2 Å². The minimum atomic E-state index is -4.14. The molecule has 1 aromatic rings. The van der Waals surface area contributed by atoms with E-state index in [1.165, 1.54) is 4.90 Å². The van der Waals surface area contributed by atoms with Crippen LogP contribution in [0.5, 0.6) is 0 Å². The number of nitrogens with zero attached hydrogens (tertiary/aromatic N) is 1. The average molecular weight is 329 g/mol. The number of urea groups is 1. The molecule has 1 aliphatic rings. The number of piperidine rings is 1. The Morgan fingerprint density at radius 3 is 2.39 bits per heavy atom. The zero-order chi connectivity index (χ0) is 16.7. The molecule has 0 unspecified atom stereocenters. The SMILES string of the molecule is O=C(NCc1ccccc1)NCC1CCN(CC(F)(F)F)CC1. The second-order valence-corrected chi connectivity index (χ2v) is 5.88. The van der Waals surface area contributed by atoms with Gasteiger partial charge in [0.15, 0.2) is 0 Å². The van der Waals surface area contributed by atoms with Gasteiger partial charge in [-0.1, -0.05) is 30.3 Å². The standard InChI is InChI=1S/C16H22F3N3O/c17-16(18,19)12-22-8-6-14(7-9-22)11-21-15(23)20-10-13-4-2-1-3-5-13/h1-5,14H,6-12H2,(H2,20,21,23). The van der Waals surface area contributed by atoms with Gasteiger partial charge in [-0.25, -0.2) is 4.79 Å². The molecule has 2 amide bonds. The van der Waals surface area contributed by atoms with Crippen LogP contribution in [0.25, 0.3) is 0 Å². The van der Waals surface area contributed by atoms with E-state index in [2.05, 4.69) is 10.6 Å². The summed E-state index contributed by atoms with van der Waals surface area (Å²) in [4.78, 5) is 13.2. The van der Waals surface area contributed by atoms with E-state index in [0.717, 1.165) is 5.56 Å². The van der Waals surface area contributed by atoms with E-state index in [0.29, 0.717) is 39.0 Å². The molecule has 0 spiro atoms. The van der Waals surface area contributed by atoms with Crippen molar-refractivity contribution in [3.05, 3.63) is 35.9 Å². The summed E-state index contributed by atoms with van der Waals surface area (Å²) in [6, 6.07) is 9.33. The maximum atomic E-state index is 12.3. The Balaban J connectivity index is 1.60. The fraction of sp³-hybridized carbons (Fsp3) is 0.562. The summed E-state index contributed by atoms with van der Waals surface area (Å²) in [7, 11) is 0. The molecule has 0 aliphatic carbocycles. The lowest BCUT2D eigenvalue weighted by Crippen LogP contribution is -2.44. The molecule has 0 bridgehead atoms. The Morgan fingerprint density at radius 2 is 1.78 bits per heavy atom. The molecule has 0 aromatic heterocycles. The van der Waals surface area contributed by atoms with Gasteiger partial charge in [0, 0.05) is 13.1 Å². The molecule has 2 rings (SSSR count). The highest BCUT2D eigenvalue weighted by molar-refractivity contribution is 5.73. The Hall–Kier alpha value is -1.76. The van der Waals surface area contributed by atoms with Crippen LogP contribution in [0, 0.1) is 5.92 Å². The highest BCUT2D eigenvalue weighted by Gasteiger charge is 2.32. The van der Waals surface area contributed by atoms with Gasteiger partial charge in [-0.3, -0.25) is 4.90 Å². The lowest BCUT2D eigenvalue weighted by atomic mass is 9.97. The van der Waals surface area contributed by atoms with E-state index in [1.807, 2.05) is 30.3 Å². The summed E-state index contributed by atoms with van der Waals surface area (Å²) < 4.78 is 36.9. The summed E-state index contributed by atoms with van der Waals surface area (Å²) in [6.07, 6.45) is -2.79. The number of benzene rings is 1. The smallest absolute Gasteiger partial charge is 0.338 e. The third-order valence-electron chi connectivity index (χ3n) is 3.96. The molecule has 2 N–H and O–H groups in total. The molecule has 1 saturated heterocycles. The second kappa shape index (κ2) is 8.19. The normalized spacial score (nSPS) is 17.0. The van der Waals surface area contributed by atoms with Crippen molar-refractivity contribution in [1.29, 1.82) is 0 Å². The predicted octanol–water partition coefficient (Wildman–Crippen LogP) is 2.76. The number of amides is 2. The minimum Gasteiger partial charge on any atom is -0.338 e. The van der Waals surface area contributed by atoms with Gasteiger partial charge in [0.1, 0.15) is 0 Å². The summed E-state index contributed by atoms with van der Waals surface area (Å²) in [5, 5.41) is 5.56. The molecule has 1 heterocycles. The maximum absolute atomic E-state index is 12.3. The molecular weight excluding hydrogens is 307 g/mol. The monoisotopic (exact) mass is 329 g/mol. The van der Waals surface area contributed by atoms with Crippen LogP contribution in [0.2, 0.25) is 0 Å². The molecular formula is C16H22F3N3O. The Kier molecular flexibility index (Phi) is 6.27. The van der Waals surface area contributed by atoms with Gasteiger partial charge in [-0.05, 0) is 37.4 Å². The molecule has 128 valence electrons. The van der Waals surface area contributed by atoms with Crippen LogP contribution in [-0.4, -0.2) is 43.3 Å². The van der Waals surface area contributed by atoms with Crippen molar-refractivity contribution in [2.75, 3.05) is 26.2 Å². The number of likely N-dealkylation sites (tertiary alicyclic amines) is 1. The molecule has 1 aromatic carbocycles. The quantitative estimate of drug-likeness (QED) is 0.872. The van der Waals surface area contributed by atoms with E-state index < -0.39 is 12.7 Å². The summed E-state index contributed by atoms with van der Waals surface area (Å²) >= 11 is 0. The molecule has 0 saturated carbocycles. The summed E-state index contributed by atoms with van der Waals surface area (Å²) in [5.41, 5.74) is 1.02. The van der Waals surface area contributed by atoms with E-state index >= 15 is 0 Å². The minimum absolute atomic E-state index is 0.238. The van der Waals surface area contributed by atoms with E-state index in [-0.39, 0.29) is 11.9 Å². The number of carbonyl (C=O) groups is 1. The van der Waals surface area contributed by atoms with Crippen LogP contribution < -0.4 is 10.6 Å². The van der Waals surface area contributed by atoms with E-state index in [1.54, 1.807) is 0 Å². The van der Waals surface area contributed by atoms with Crippen LogP contribution in [-0.2, 0) is 6.54 Å². The molecule has 0 atom stereocenters.